The second kappa shape index (κ2) is 6.24. The van der Waals surface area contributed by atoms with Crippen LogP contribution in [0.3, 0.4) is 0 Å². The third kappa shape index (κ3) is 3.26. The molecule has 1 N–H and O–H groups in total. The van der Waals surface area contributed by atoms with Gasteiger partial charge in [0, 0.05) is 24.7 Å². The fourth-order valence-electron chi connectivity index (χ4n) is 2.74. The molecule has 0 unspecified atom stereocenters. The second-order valence-electron chi connectivity index (χ2n) is 5.80. The average molecular weight is 345 g/mol. The molecule has 0 atom stereocenters. The number of nitrogens with one attached hydrogen (secondary N) is 1. The topological polar surface area (TPSA) is 79.4 Å². The maximum Gasteiger partial charge on any atom is 0.327 e. The van der Waals surface area contributed by atoms with Gasteiger partial charge < -0.3 is 0 Å². The summed E-state index contributed by atoms with van der Waals surface area (Å²) in [7, 11) is -3.30. The number of hydrogen-bond donors (Lipinski definition) is 1. The van der Waals surface area contributed by atoms with Crippen molar-refractivity contribution in [1.82, 2.24) is 4.98 Å². The number of amides is 2. The quantitative estimate of drug-likeness (QED) is 0.927. The fourth-order valence-corrected chi connectivity index (χ4v) is 3.30. The van der Waals surface area contributed by atoms with Crippen LogP contribution in [0.15, 0.2) is 41.4 Å². The zero-order valence-corrected chi connectivity index (χ0v) is 14.4. The highest BCUT2D eigenvalue weighted by Gasteiger charge is 2.25. The lowest BCUT2D eigenvalue weighted by atomic mass is 10.1. The van der Waals surface area contributed by atoms with Crippen molar-refractivity contribution in [3.05, 3.63) is 47.7 Å². The molecule has 1 aromatic carbocycles. The number of aromatic nitrogens is 1. The number of carbonyl (C=O) groups excluding carboxylic acids is 1. The van der Waals surface area contributed by atoms with Crippen LogP contribution in [0.1, 0.15) is 18.1 Å². The van der Waals surface area contributed by atoms with E-state index in [0.29, 0.717) is 12.4 Å². The Morgan fingerprint density at radius 3 is 2.71 bits per heavy atom. The van der Waals surface area contributed by atoms with Gasteiger partial charge >= 0.3 is 6.03 Å². The van der Waals surface area contributed by atoms with Crippen molar-refractivity contribution in [3.8, 4) is 0 Å². The number of urea groups is 1. The summed E-state index contributed by atoms with van der Waals surface area (Å²) in [5.41, 5.74) is 3.34. The molecule has 7 heteroatoms. The molecule has 2 aromatic rings. The van der Waals surface area contributed by atoms with Crippen LogP contribution in [-0.4, -0.2) is 32.2 Å². The predicted octanol–water partition coefficient (Wildman–Crippen LogP) is 2.64. The largest absolute Gasteiger partial charge is 0.327 e. The number of anilines is 2. The first kappa shape index (κ1) is 16.4. The smallest absolute Gasteiger partial charge is 0.294 e. The molecule has 0 saturated carbocycles. The number of aryl methyl sites for hydroxylation is 1. The molecule has 0 radical (unpaired) electrons. The van der Waals surface area contributed by atoms with E-state index in [1.165, 1.54) is 29.5 Å². The van der Waals surface area contributed by atoms with E-state index in [1.807, 2.05) is 12.1 Å². The van der Waals surface area contributed by atoms with Crippen molar-refractivity contribution in [2.24, 2.45) is 0 Å². The van der Waals surface area contributed by atoms with Gasteiger partial charge in [-0.25, -0.2) is 18.2 Å². The van der Waals surface area contributed by atoms with E-state index < -0.39 is 9.84 Å². The zero-order chi connectivity index (χ0) is 17.3. The summed E-state index contributed by atoms with van der Waals surface area (Å²) < 4.78 is 22.9. The van der Waals surface area contributed by atoms with Crippen molar-refractivity contribution < 1.29 is 13.2 Å². The summed E-state index contributed by atoms with van der Waals surface area (Å²) in [6.07, 6.45) is 4.16. The van der Waals surface area contributed by atoms with E-state index in [9.17, 15) is 13.2 Å². The molecule has 24 heavy (non-hydrogen) atoms. The summed E-state index contributed by atoms with van der Waals surface area (Å²) in [5.74, 6) is 0.325. The second-order valence-corrected chi connectivity index (χ2v) is 7.82. The van der Waals surface area contributed by atoms with E-state index in [1.54, 1.807) is 4.90 Å². The maximum atomic E-state index is 12.5. The first-order valence-electron chi connectivity index (χ1n) is 7.75. The number of hydrogen-bond acceptors (Lipinski definition) is 4. The number of sulfone groups is 1. The van der Waals surface area contributed by atoms with Crippen LogP contribution in [-0.2, 0) is 22.7 Å². The first-order valence-corrected chi connectivity index (χ1v) is 9.64. The van der Waals surface area contributed by atoms with Gasteiger partial charge in [0.15, 0.2) is 9.84 Å². The molecule has 1 aliphatic heterocycles. The molecule has 0 fully saturated rings. The first-order chi connectivity index (χ1) is 11.4. The zero-order valence-electron chi connectivity index (χ0n) is 13.6. The Morgan fingerprint density at radius 2 is 2.08 bits per heavy atom. The number of fused-ring (bicyclic) bond motifs is 1. The van der Waals surface area contributed by atoms with Gasteiger partial charge in [-0.05, 0) is 42.2 Å². The molecule has 1 aromatic heterocycles. The lowest BCUT2D eigenvalue weighted by Gasteiger charge is -2.18. The fraction of sp³-hybridized carbons (Fsp3) is 0.294. The predicted molar refractivity (Wildman–Crippen MR) is 93.2 cm³/mol. The summed E-state index contributed by atoms with van der Waals surface area (Å²) in [4.78, 5) is 18.3. The number of benzene rings is 1. The van der Waals surface area contributed by atoms with E-state index in [4.69, 9.17) is 0 Å². The van der Waals surface area contributed by atoms with Crippen molar-refractivity contribution in [3.63, 3.8) is 0 Å². The highest BCUT2D eigenvalue weighted by molar-refractivity contribution is 7.90. The molecule has 6 nitrogen and oxygen atoms in total. The van der Waals surface area contributed by atoms with Gasteiger partial charge in [-0.1, -0.05) is 19.1 Å². The Kier molecular flexibility index (Phi) is 4.28. The lowest BCUT2D eigenvalue weighted by Crippen LogP contribution is -2.33. The molecule has 1 aliphatic rings. The van der Waals surface area contributed by atoms with Gasteiger partial charge in [0.05, 0.1) is 4.90 Å². The van der Waals surface area contributed by atoms with Crippen molar-refractivity contribution in [1.29, 1.82) is 0 Å². The minimum atomic E-state index is -3.30. The van der Waals surface area contributed by atoms with Crippen LogP contribution in [0.2, 0.25) is 0 Å². The monoisotopic (exact) mass is 345 g/mol. The highest BCUT2D eigenvalue weighted by atomic mass is 32.2. The molecule has 2 heterocycles. The molecule has 126 valence electrons. The Hall–Kier alpha value is -2.41. The molecule has 0 saturated heterocycles. The Bertz CT molecular complexity index is 876. The minimum absolute atomic E-state index is 0.124. The van der Waals surface area contributed by atoms with Crippen molar-refractivity contribution in [2.45, 2.75) is 24.7 Å². The van der Waals surface area contributed by atoms with Crippen LogP contribution in [0.5, 0.6) is 0 Å². The van der Waals surface area contributed by atoms with Gasteiger partial charge in [0.2, 0.25) is 0 Å². The molecule has 0 aliphatic carbocycles. The number of pyridine rings is 1. The SMILES string of the molecule is CCc1ccc2c(c1)CCN2C(=O)Nc1ccc(S(C)(=O)=O)cn1. The number of rotatable bonds is 3. The van der Waals surface area contributed by atoms with E-state index in [-0.39, 0.29) is 10.9 Å². The Morgan fingerprint density at radius 1 is 1.29 bits per heavy atom. The molecule has 0 spiro atoms. The normalized spacial score (nSPS) is 13.7. The van der Waals surface area contributed by atoms with Gasteiger partial charge in [0.25, 0.3) is 0 Å². The van der Waals surface area contributed by atoms with Gasteiger partial charge in [-0.15, -0.1) is 0 Å². The maximum absolute atomic E-state index is 12.5. The van der Waals surface area contributed by atoms with Crippen LogP contribution in [0.25, 0.3) is 0 Å². The summed E-state index contributed by atoms with van der Waals surface area (Å²) >= 11 is 0. The summed E-state index contributed by atoms with van der Waals surface area (Å²) in [6, 6.07) is 8.80. The van der Waals surface area contributed by atoms with Crippen molar-refractivity contribution >= 4 is 27.4 Å². The van der Waals surface area contributed by atoms with Gasteiger partial charge in [0.1, 0.15) is 5.82 Å². The number of nitrogens with zero attached hydrogens (tertiary/aromatic N) is 2. The average Bonchev–Trinajstić information content (AvgIpc) is 2.97. The lowest BCUT2D eigenvalue weighted by molar-refractivity contribution is 0.257. The van der Waals surface area contributed by atoms with Crippen molar-refractivity contribution in [2.75, 3.05) is 23.0 Å². The summed E-state index contributed by atoms with van der Waals surface area (Å²) in [6.45, 7) is 2.72. The Labute approximate surface area is 141 Å². The molecular weight excluding hydrogens is 326 g/mol. The number of carbonyl (C=O) groups is 1. The van der Waals surface area contributed by atoms with Crippen LogP contribution in [0.4, 0.5) is 16.3 Å². The molecule has 3 rings (SSSR count). The van der Waals surface area contributed by atoms with Gasteiger partial charge in [-0.2, -0.15) is 0 Å². The third-order valence-electron chi connectivity index (χ3n) is 4.09. The third-order valence-corrected chi connectivity index (χ3v) is 5.19. The molecule has 0 bridgehead atoms. The minimum Gasteiger partial charge on any atom is -0.294 e. The highest BCUT2D eigenvalue weighted by Crippen LogP contribution is 2.29. The van der Waals surface area contributed by atoms with Crippen LogP contribution < -0.4 is 10.2 Å². The molecule has 2 amide bonds. The summed E-state index contributed by atoms with van der Waals surface area (Å²) in [5, 5.41) is 2.71. The van der Waals surface area contributed by atoms with Crippen LogP contribution in [0, 0.1) is 0 Å². The molecular formula is C17H19N3O3S. The Balaban J connectivity index is 1.75. The van der Waals surface area contributed by atoms with E-state index in [2.05, 4.69) is 23.3 Å². The van der Waals surface area contributed by atoms with E-state index >= 15 is 0 Å². The van der Waals surface area contributed by atoms with Crippen LogP contribution >= 0.6 is 0 Å². The van der Waals surface area contributed by atoms with E-state index in [0.717, 1.165) is 24.8 Å². The standard InChI is InChI=1S/C17H19N3O3S/c1-3-12-4-6-15-13(10-12)8-9-20(15)17(21)19-16-7-5-14(11-18-16)24(2,22)23/h4-7,10-11H,3,8-9H2,1-2H3,(H,18,19,21). The van der Waals surface area contributed by atoms with Gasteiger partial charge in [-0.3, -0.25) is 10.2 Å².